The Morgan fingerprint density at radius 1 is 0.971 bits per heavy atom. The van der Waals surface area contributed by atoms with Crippen molar-refractivity contribution in [1.29, 1.82) is 0 Å². The van der Waals surface area contributed by atoms with Crippen LogP contribution in [0.4, 0.5) is 5.82 Å². The summed E-state index contributed by atoms with van der Waals surface area (Å²) in [5, 5.41) is 5.43. The molecule has 8 heteroatoms. The molecule has 35 heavy (non-hydrogen) atoms. The summed E-state index contributed by atoms with van der Waals surface area (Å²) in [6.45, 7) is 3.08. The molecule has 0 radical (unpaired) electrons. The minimum absolute atomic E-state index is 0.0260. The Morgan fingerprint density at radius 3 is 2.40 bits per heavy atom. The van der Waals surface area contributed by atoms with Crippen LogP contribution < -0.4 is 9.64 Å². The van der Waals surface area contributed by atoms with Crippen molar-refractivity contribution in [1.82, 2.24) is 19.7 Å². The number of hydrogen-bond acceptors (Lipinski definition) is 5. The fourth-order valence-electron chi connectivity index (χ4n) is 4.29. The van der Waals surface area contributed by atoms with Crippen LogP contribution in [0, 0.1) is 0 Å². The lowest BCUT2D eigenvalue weighted by atomic mass is 10.1. The number of piperazine rings is 1. The zero-order valence-electron chi connectivity index (χ0n) is 19.5. The summed E-state index contributed by atoms with van der Waals surface area (Å²) in [5.41, 5.74) is 3.26. The molecule has 0 saturated carbocycles. The van der Waals surface area contributed by atoms with Crippen molar-refractivity contribution in [3.05, 3.63) is 95.3 Å². The number of anilines is 1. The van der Waals surface area contributed by atoms with Gasteiger partial charge in [0, 0.05) is 44.1 Å². The molecule has 0 bridgehead atoms. The summed E-state index contributed by atoms with van der Waals surface area (Å²) in [5.74, 6) is 1.49. The minimum atomic E-state index is -0.0260. The fourth-order valence-corrected chi connectivity index (χ4v) is 4.53. The number of carbonyl (C=O) groups is 1. The number of nitrogens with zero attached hydrogens (tertiary/aromatic N) is 5. The second-order valence-corrected chi connectivity index (χ2v) is 8.80. The number of aromatic nitrogens is 3. The van der Waals surface area contributed by atoms with Gasteiger partial charge in [0.25, 0.3) is 5.91 Å². The summed E-state index contributed by atoms with van der Waals surface area (Å²) >= 11 is 6.33. The summed E-state index contributed by atoms with van der Waals surface area (Å²) < 4.78 is 7.14. The predicted octanol–water partition coefficient (Wildman–Crippen LogP) is 4.62. The van der Waals surface area contributed by atoms with Gasteiger partial charge in [-0.15, -0.1) is 0 Å². The van der Waals surface area contributed by atoms with Crippen molar-refractivity contribution in [2.24, 2.45) is 0 Å². The molecule has 178 valence electrons. The summed E-state index contributed by atoms with van der Waals surface area (Å²) in [6.07, 6.45) is 3.60. The van der Waals surface area contributed by atoms with Crippen molar-refractivity contribution in [3.8, 4) is 17.0 Å². The topological polar surface area (TPSA) is 63.5 Å². The van der Waals surface area contributed by atoms with E-state index in [0.717, 1.165) is 22.7 Å². The molecule has 1 saturated heterocycles. The number of methoxy groups -OCH3 is 1. The third-order valence-corrected chi connectivity index (χ3v) is 6.44. The van der Waals surface area contributed by atoms with Gasteiger partial charge in [-0.05, 0) is 42.0 Å². The molecule has 0 aliphatic carbocycles. The van der Waals surface area contributed by atoms with Gasteiger partial charge >= 0.3 is 0 Å². The lowest BCUT2D eigenvalue weighted by Crippen LogP contribution is -2.49. The van der Waals surface area contributed by atoms with Gasteiger partial charge < -0.3 is 14.5 Å². The first-order valence-electron chi connectivity index (χ1n) is 11.5. The summed E-state index contributed by atoms with van der Waals surface area (Å²) in [7, 11) is 1.64. The molecular formula is C27H26ClN5O2. The first kappa shape index (κ1) is 22.9. The van der Waals surface area contributed by atoms with E-state index in [1.807, 2.05) is 70.4 Å². The van der Waals surface area contributed by atoms with Crippen molar-refractivity contribution in [2.45, 2.75) is 6.54 Å². The van der Waals surface area contributed by atoms with Crippen LogP contribution in [0.5, 0.6) is 5.75 Å². The van der Waals surface area contributed by atoms with Gasteiger partial charge in [0.2, 0.25) is 0 Å². The lowest BCUT2D eigenvalue weighted by Gasteiger charge is -2.35. The van der Waals surface area contributed by atoms with E-state index in [0.29, 0.717) is 49.0 Å². The summed E-state index contributed by atoms with van der Waals surface area (Å²) in [4.78, 5) is 22.1. The number of pyridine rings is 1. The van der Waals surface area contributed by atoms with E-state index in [1.54, 1.807) is 13.3 Å². The second-order valence-electron chi connectivity index (χ2n) is 8.39. The molecule has 5 rings (SSSR count). The van der Waals surface area contributed by atoms with Crippen LogP contribution >= 0.6 is 11.6 Å². The molecular weight excluding hydrogens is 462 g/mol. The number of carbonyl (C=O) groups excluding carboxylic acids is 1. The highest BCUT2D eigenvalue weighted by molar-refractivity contribution is 6.32. The third-order valence-electron chi connectivity index (χ3n) is 6.15. The first-order valence-corrected chi connectivity index (χ1v) is 11.9. The van der Waals surface area contributed by atoms with E-state index in [4.69, 9.17) is 21.4 Å². The van der Waals surface area contributed by atoms with E-state index in [2.05, 4.69) is 22.0 Å². The third kappa shape index (κ3) is 5.00. The Labute approximate surface area is 209 Å². The number of hydrogen-bond donors (Lipinski definition) is 0. The Hall–Kier alpha value is -3.84. The minimum Gasteiger partial charge on any atom is -0.497 e. The second kappa shape index (κ2) is 10.2. The molecule has 0 N–H and O–H groups in total. The maximum Gasteiger partial charge on any atom is 0.257 e. The van der Waals surface area contributed by atoms with Crippen LogP contribution in [-0.2, 0) is 6.54 Å². The van der Waals surface area contributed by atoms with E-state index < -0.39 is 0 Å². The first-order chi connectivity index (χ1) is 17.1. The van der Waals surface area contributed by atoms with Crippen LogP contribution in [-0.4, -0.2) is 58.9 Å². The SMILES string of the molecule is COc1ccc(-c2nn(Cc3ccccc3)cc2C(=O)N2CCN(c3ncccc3Cl)CC2)cc1. The van der Waals surface area contributed by atoms with Crippen LogP contribution in [0.2, 0.25) is 5.02 Å². The number of amides is 1. The van der Waals surface area contributed by atoms with Gasteiger partial charge in [0.05, 0.1) is 24.2 Å². The van der Waals surface area contributed by atoms with Gasteiger partial charge in [-0.3, -0.25) is 9.48 Å². The largest absolute Gasteiger partial charge is 0.497 e. The van der Waals surface area contributed by atoms with Gasteiger partial charge in [-0.25, -0.2) is 4.98 Å². The molecule has 3 heterocycles. The van der Waals surface area contributed by atoms with E-state index in [-0.39, 0.29) is 5.91 Å². The van der Waals surface area contributed by atoms with Crippen LogP contribution in [0.25, 0.3) is 11.3 Å². The average Bonchev–Trinajstić information content (AvgIpc) is 3.33. The Morgan fingerprint density at radius 2 is 1.71 bits per heavy atom. The van der Waals surface area contributed by atoms with Crippen LogP contribution in [0.3, 0.4) is 0 Å². The lowest BCUT2D eigenvalue weighted by molar-refractivity contribution is 0.0747. The molecule has 7 nitrogen and oxygen atoms in total. The Bertz CT molecular complexity index is 1300. The highest BCUT2D eigenvalue weighted by Gasteiger charge is 2.27. The zero-order chi connectivity index (χ0) is 24.2. The van der Waals surface area contributed by atoms with E-state index in [9.17, 15) is 4.79 Å². The highest BCUT2D eigenvalue weighted by Crippen LogP contribution is 2.28. The highest BCUT2D eigenvalue weighted by atomic mass is 35.5. The molecule has 1 aliphatic rings. The number of rotatable bonds is 6. The van der Waals surface area contributed by atoms with Crippen molar-refractivity contribution in [3.63, 3.8) is 0 Å². The zero-order valence-corrected chi connectivity index (χ0v) is 20.2. The summed E-state index contributed by atoms with van der Waals surface area (Å²) in [6, 6.07) is 21.4. The standard InChI is InChI=1S/C27H26ClN5O2/c1-35-22-11-9-21(10-12-22)25-23(19-33(30-25)18-20-6-3-2-4-7-20)27(34)32-16-14-31(15-17-32)26-24(28)8-5-13-29-26/h2-13,19H,14-18H2,1H3. The molecule has 1 amide bonds. The molecule has 1 aliphatic heterocycles. The maximum atomic E-state index is 13.7. The van der Waals surface area contributed by atoms with E-state index >= 15 is 0 Å². The fraction of sp³-hybridized carbons (Fsp3) is 0.222. The molecule has 0 unspecified atom stereocenters. The van der Waals surface area contributed by atoms with E-state index in [1.165, 1.54) is 0 Å². The van der Waals surface area contributed by atoms with Crippen LogP contribution in [0.15, 0.2) is 79.1 Å². The molecule has 4 aromatic rings. The average molecular weight is 488 g/mol. The van der Waals surface area contributed by atoms with Crippen molar-refractivity contribution >= 4 is 23.3 Å². The van der Waals surface area contributed by atoms with Gasteiger partial charge in [-0.2, -0.15) is 5.10 Å². The molecule has 0 atom stereocenters. The predicted molar refractivity (Wildman–Crippen MR) is 137 cm³/mol. The Kier molecular flexibility index (Phi) is 6.68. The molecule has 2 aromatic heterocycles. The van der Waals surface area contributed by atoms with Crippen molar-refractivity contribution < 1.29 is 9.53 Å². The van der Waals surface area contributed by atoms with Gasteiger partial charge in [-0.1, -0.05) is 41.9 Å². The van der Waals surface area contributed by atoms with Gasteiger partial charge in [0.1, 0.15) is 17.3 Å². The van der Waals surface area contributed by atoms with Crippen LogP contribution in [0.1, 0.15) is 15.9 Å². The molecule has 1 fully saturated rings. The van der Waals surface area contributed by atoms with Crippen molar-refractivity contribution in [2.75, 3.05) is 38.2 Å². The normalized spacial score (nSPS) is 13.7. The van der Waals surface area contributed by atoms with Gasteiger partial charge in [0.15, 0.2) is 0 Å². The number of benzene rings is 2. The Balaban J connectivity index is 1.40. The molecule has 2 aromatic carbocycles. The monoisotopic (exact) mass is 487 g/mol. The quantitative estimate of drug-likeness (QED) is 0.397. The number of ether oxygens (including phenoxy) is 1. The smallest absolute Gasteiger partial charge is 0.257 e. The maximum absolute atomic E-state index is 13.7. The molecule has 0 spiro atoms. The number of halogens is 1.